The number of hydrogen-bond acceptors (Lipinski definition) is 5. The molecule has 1 saturated heterocycles. The largest absolute Gasteiger partial charge is 0.497 e. The van der Waals surface area contributed by atoms with Crippen LogP contribution in [0.4, 0.5) is 5.69 Å². The maximum atomic E-state index is 12.8. The number of benzene rings is 2. The van der Waals surface area contributed by atoms with Crippen molar-refractivity contribution >= 4 is 33.2 Å². The van der Waals surface area contributed by atoms with Crippen LogP contribution in [0.2, 0.25) is 5.02 Å². The van der Waals surface area contributed by atoms with Crippen LogP contribution in [0, 0.1) is 0 Å². The summed E-state index contributed by atoms with van der Waals surface area (Å²) >= 11 is 5.87. The Bertz CT molecular complexity index is 947. The van der Waals surface area contributed by atoms with Gasteiger partial charge in [-0.2, -0.15) is 0 Å². The van der Waals surface area contributed by atoms with E-state index in [-0.39, 0.29) is 29.5 Å². The summed E-state index contributed by atoms with van der Waals surface area (Å²) in [5.41, 5.74) is 0.671. The van der Waals surface area contributed by atoms with Gasteiger partial charge in [0.2, 0.25) is 15.9 Å². The van der Waals surface area contributed by atoms with Crippen LogP contribution in [0.3, 0.4) is 0 Å². The smallest absolute Gasteiger partial charge is 0.244 e. The lowest BCUT2D eigenvalue weighted by Gasteiger charge is -2.18. The molecule has 0 radical (unpaired) electrons. The van der Waals surface area contributed by atoms with Crippen LogP contribution in [0.25, 0.3) is 0 Å². The lowest BCUT2D eigenvalue weighted by atomic mass is 10.3. The quantitative estimate of drug-likeness (QED) is 0.790. The summed E-state index contributed by atoms with van der Waals surface area (Å²) in [5.74, 6) is 0.422. The van der Waals surface area contributed by atoms with Gasteiger partial charge in [-0.3, -0.25) is 4.79 Å². The minimum atomic E-state index is -3.91. The fourth-order valence-electron chi connectivity index (χ4n) is 2.93. The molecule has 0 aromatic heterocycles. The maximum Gasteiger partial charge on any atom is 0.244 e. The first-order chi connectivity index (χ1) is 12.8. The summed E-state index contributed by atoms with van der Waals surface area (Å²) in [6.07, 6.45) is 0.0636. The highest BCUT2D eigenvalue weighted by molar-refractivity contribution is 7.89. The first kappa shape index (κ1) is 19.5. The van der Waals surface area contributed by atoms with Gasteiger partial charge in [-0.05, 0) is 36.4 Å². The molecule has 0 spiro atoms. The van der Waals surface area contributed by atoms with Gasteiger partial charge >= 0.3 is 0 Å². The summed E-state index contributed by atoms with van der Waals surface area (Å²) in [5, 5.41) is 0.563. The number of hydrogen-bond donors (Lipinski definition) is 1. The Labute approximate surface area is 162 Å². The van der Waals surface area contributed by atoms with E-state index in [1.807, 2.05) is 0 Å². The Morgan fingerprint density at radius 2 is 1.81 bits per heavy atom. The number of methoxy groups -OCH3 is 2. The molecule has 2 aromatic rings. The molecule has 1 aliphatic rings. The van der Waals surface area contributed by atoms with Crippen LogP contribution >= 0.6 is 11.6 Å². The van der Waals surface area contributed by atoms with E-state index in [4.69, 9.17) is 21.1 Å². The van der Waals surface area contributed by atoms with Crippen molar-refractivity contribution in [3.63, 3.8) is 0 Å². The molecule has 0 saturated carbocycles. The van der Waals surface area contributed by atoms with E-state index in [0.717, 1.165) is 0 Å². The van der Waals surface area contributed by atoms with Crippen LogP contribution in [0.1, 0.15) is 6.42 Å². The molecule has 0 unspecified atom stereocenters. The van der Waals surface area contributed by atoms with E-state index >= 15 is 0 Å². The van der Waals surface area contributed by atoms with Crippen LogP contribution in [-0.2, 0) is 14.8 Å². The van der Waals surface area contributed by atoms with Gasteiger partial charge in [0.05, 0.1) is 14.2 Å². The molecule has 1 fully saturated rings. The molecule has 3 rings (SSSR count). The summed E-state index contributed by atoms with van der Waals surface area (Å²) < 4.78 is 38.5. The lowest BCUT2D eigenvalue weighted by molar-refractivity contribution is -0.117. The summed E-state index contributed by atoms with van der Waals surface area (Å²) in [6.45, 7) is 0.228. The number of carbonyl (C=O) groups is 1. The lowest BCUT2D eigenvalue weighted by Crippen LogP contribution is -2.37. The molecule has 0 bridgehead atoms. The predicted molar refractivity (Wildman–Crippen MR) is 102 cm³/mol. The normalized spacial score (nSPS) is 17.2. The van der Waals surface area contributed by atoms with Gasteiger partial charge in [-0.25, -0.2) is 13.1 Å². The van der Waals surface area contributed by atoms with E-state index < -0.39 is 16.1 Å². The van der Waals surface area contributed by atoms with Crippen molar-refractivity contribution in [1.29, 1.82) is 0 Å². The fourth-order valence-corrected chi connectivity index (χ4v) is 4.47. The Kier molecular flexibility index (Phi) is 5.59. The predicted octanol–water partition coefficient (Wildman–Crippen LogP) is 2.44. The van der Waals surface area contributed by atoms with Gasteiger partial charge in [0.1, 0.15) is 16.4 Å². The standard InChI is InChI=1S/C18H19ClN2O5S/c1-25-15-7-8-16(26-2)17(10-15)27(23,24)20-13-9-18(22)21(11-13)14-5-3-12(19)4-6-14/h3-8,10,13,20H,9,11H2,1-2H3/t13-/m0/s1. The molecule has 1 heterocycles. The second-order valence-corrected chi connectivity index (χ2v) is 8.14. The maximum absolute atomic E-state index is 12.8. The summed E-state index contributed by atoms with van der Waals surface area (Å²) in [6, 6.07) is 10.8. The average Bonchev–Trinajstić information content (AvgIpc) is 3.01. The molecular formula is C18H19ClN2O5S. The fraction of sp³-hybridized carbons (Fsp3) is 0.278. The molecule has 9 heteroatoms. The van der Waals surface area contributed by atoms with Crippen molar-refractivity contribution < 1.29 is 22.7 Å². The second-order valence-electron chi connectivity index (χ2n) is 6.02. The molecule has 1 atom stereocenters. The summed E-state index contributed by atoms with van der Waals surface area (Å²) in [4.78, 5) is 13.8. The number of carbonyl (C=O) groups excluding carboxylic acids is 1. The number of sulfonamides is 1. The van der Waals surface area contributed by atoms with Gasteiger partial charge in [-0.1, -0.05) is 11.6 Å². The first-order valence-corrected chi connectivity index (χ1v) is 10.0. The van der Waals surface area contributed by atoms with Crippen molar-refractivity contribution in [2.24, 2.45) is 0 Å². The number of rotatable bonds is 6. The number of amides is 1. The number of nitrogens with one attached hydrogen (secondary N) is 1. The SMILES string of the molecule is COc1ccc(OC)c(S(=O)(=O)N[C@H]2CC(=O)N(c3ccc(Cl)cc3)C2)c1. The van der Waals surface area contributed by atoms with E-state index in [2.05, 4.69) is 4.72 Å². The van der Waals surface area contributed by atoms with Crippen LogP contribution in [0.15, 0.2) is 47.4 Å². The molecular weight excluding hydrogens is 392 g/mol. The zero-order chi connectivity index (χ0) is 19.6. The van der Waals surface area contributed by atoms with E-state index in [1.165, 1.54) is 31.3 Å². The van der Waals surface area contributed by atoms with Crippen LogP contribution in [0.5, 0.6) is 11.5 Å². The van der Waals surface area contributed by atoms with Gasteiger partial charge < -0.3 is 14.4 Å². The van der Waals surface area contributed by atoms with E-state index in [9.17, 15) is 13.2 Å². The highest BCUT2D eigenvalue weighted by Gasteiger charge is 2.34. The van der Waals surface area contributed by atoms with Crippen molar-refractivity contribution in [3.8, 4) is 11.5 Å². The summed E-state index contributed by atoms with van der Waals surface area (Å²) in [7, 11) is -1.07. The minimum absolute atomic E-state index is 0.0401. The number of halogens is 1. The van der Waals surface area contributed by atoms with E-state index in [0.29, 0.717) is 16.5 Å². The van der Waals surface area contributed by atoms with Gasteiger partial charge in [0, 0.05) is 35.8 Å². The van der Waals surface area contributed by atoms with Crippen molar-refractivity contribution in [1.82, 2.24) is 4.72 Å². The Morgan fingerprint density at radius 1 is 1.11 bits per heavy atom. The molecule has 1 aliphatic heterocycles. The third-order valence-electron chi connectivity index (χ3n) is 4.25. The van der Waals surface area contributed by atoms with Crippen molar-refractivity contribution in [3.05, 3.63) is 47.5 Å². The highest BCUT2D eigenvalue weighted by atomic mass is 35.5. The van der Waals surface area contributed by atoms with E-state index in [1.54, 1.807) is 30.3 Å². The molecule has 7 nitrogen and oxygen atoms in total. The number of anilines is 1. The molecule has 1 N–H and O–H groups in total. The third-order valence-corrected chi connectivity index (χ3v) is 6.04. The molecule has 1 amide bonds. The molecule has 144 valence electrons. The zero-order valence-electron chi connectivity index (χ0n) is 14.8. The topological polar surface area (TPSA) is 84.9 Å². The molecule has 27 heavy (non-hydrogen) atoms. The van der Waals surface area contributed by atoms with Crippen LogP contribution < -0.4 is 19.1 Å². The zero-order valence-corrected chi connectivity index (χ0v) is 16.4. The monoisotopic (exact) mass is 410 g/mol. The minimum Gasteiger partial charge on any atom is -0.497 e. The number of nitrogens with zero attached hydrogens (tertiary/aromatic N) is 1. The Hall–Kier alpha value is -2.29. The molecule has 2 aromatic carbocycles. The molecule has 0 aliphatic carbocycles. The third kappa shape index (κ3) is 4.18. The highest BCUT2D eigenvalue weighted by Crippen LogP contribution is 2.29. The second kappa shape index (κ2) is 7.75. The first-order valence-electron chi connectivity index (χ1n) is 8.14. The average molecular weight is 411 g/mol. The van der Waals surface area contributed by atoms with Crippen LogP contribution in [-0.4, -0.2) is 41.1 Å². The Morgan fingerprint density at radius 3 is 2.44 bits per heavy atom. The Balaban J connectivity index is 1.81. The van der Waals surface area contributed by atoms with Gasteiger partial charge in [-0.15, -0.1) is 0 Å². The van der Waals surface area contributed by atoms with Gasteiger partial charge in [0.15, 0.2) is 0 Å². The van der Waals surface area contributed by atoms with Crippen molar-refractivity contribution in [2.75, 3.05) is 25.7 Å². The number of ether oxygens (including phenoxy) is 2. The van der Waals surface area contributed by atoms with Gasteiger partial charge in [0.25, 0.3) is 0 Å². The van der Waals surface area contributed by atoms with Crippen molar-refractivity contribution in [2.45, 2.75) is 17.4 Å².